The maximum Gasteiger partial charge on any atom is 0.223 e. The predicted molar refractivity (Wildman–Crippen MR) is 110 cm³/mol. The lowest BCUT2D eigenvalue weighted by Crippen LogP contribution is -2.39. The van der Waals surface area contributed by atoms with Crippen LogP contribution in [0, 0.1) is 24.2 Å². The Bertz CT molecular complexity index is 368. The van der Waals surface area contributed by atoms with Gasteiger partial charge in [0, 0.05) is 39.3 Å². The lowest BCUT2D eigenvalue weighted by molar-refractivity contribution is -0.134. The van der Waals surface area contributed by atoms with Crippen LogP contribution < -0.4 is 5.73 Å². The van der Waals surface area contributed by atoms with E-state index in [-0.39, 0.29) is 0 Å². The highest BCUT2D eigenvalue weighted by Gasteiger charge is 2.48. The molecule has 3 fully saturated rings. The molecule has 3 aliphatic rings. The molecule has 0 aromatic carbocycles. The second-order valence-corrected chi connectivity index (χ2v) is 6.66. The number of hydrogen-bond donors (Lipinski definition) is 2. The van der Waals surface area contributed by atoms with Crippen LogP contribution in [0.25, 0.3) is 0 Å². The summed E-state index contributed by atoms with van der Waals surface area (Å²) >= 11 is 0. The number of carbonyl (C=O) groups excluding carboxylic acids is 1. The van der Waals surface area contributed by atoms with E-state index in [2.05, 4.69) is 30.4 Å². The van der Waals surface area contributed by atoms with Gasteiger partial charge in [0.05, 0.1) is 0 Å². The van der Waals surface area contributed by atoms with Crippen LogP contribution in [0.3, 0.4) is 0 Å². The van der Waals surface area contributed by atoms with E-state index in [1.807, 2.05) is 13.8 Å². The number of carbonyl (C=O) groups is 1. The van der Waals surface area contributed by atoms with Crippen molar-refractivity contribution in [2.45, 2.75) is 71.8 Å². The van der Waals surface area contributed by atoms with Crippen molar-refractivity contribution >= 4 is 5.91 Å². The fourth-order valence-corrected chi connectivity index (χ4v) is 4.18. The first-order valence-corrected chi connectivity index (χ1v) is 9.92. The molecule has 1 amide bonds. The van der Waals surface area contributed by atoms with E-state index in [4.69, 9.17) is 9.84 Å². The smallest absolute Gasteiger partial charge is 0.223 e. The number of rotatable bonds is 2. The van der Waals surface area contributed by atoms with E-state index in [0.29, 0.717) is 23.3 Å². The van der Waals surface area contributed by atoms with Gasteiger partial charge in [-0.25, -0.2) is 0 Å². The summed E-state index contributed by atoms with van der Waals surface area (Å²) in [6.07, 6.45) is 16.0. The Hall–Kier alpha value is -1.09. The first-order chi connectivity index (χ1) is 12.7. The molecule has 3 N–H and O–H groups in total. The first kappa shape index (κ1) is 27.1. The summed E-state index contributed by atoms with van der Waals surface area (Å²) in [7, 11) is 2.50. The number of aliphatic hydroxyl groups is 1. The fraction of sp³-hybridized carbons (Fsp3) is 0.857. The van der Waals surface area contributed by atoms with Crippen LogP contribution in [0.5, 0.6) is 0 Å². The fourth-order valence-electron chi connectivity index (χ4n) is 4.18. The van der Waals surface area contributed by atoms with Gasteiger partial charge in [0.15, 0.2) is 0 Å². The molecule has 3 rings (SSSR count). The second-order valence-electron chi connectivity index (χ2n) is 6.66. The minimum Gasteiger partial charge on any atom is -0.400 e. The highest BCUT2D eigenvalue weighted by molar-refractivity contribution is 5.77. The van der Waals surface area contributed by atoms with Gasteiger partial charge in [-0.3, -0.25) is 4.79 Å². The van der Waals surface area contributed by atoms with Crippen LogP contribution >= 0.6 is 0 Å². The quantitative estimate of drug-likeness (QED) is 0.733. The monoisotopic (exact) mass is 370 g/mol. The summed E-state index contributed by atoms with van der Waals surface area (Å²) in [6, 6.07) is 0.546. The Labute approximate surface area is 161 Å². The molecule has 0 radical (unpaired) electrons. The third-order valence-corrected chi connectivity index (χ3v) is 5.45. The van der Waals surface area contributed by atoms with Crippen LogP contribution in [0.1, 0.15) is 65.7 Å². The lowest BCUT2D eigenvalue weighted by Gasteiger charge is -2.31. The van der Waals surface area contributed by atoms with Crippen LogP contribution in [0.4, 0.5) is 0 Å². The SMILES string of the molecule is C#C.CC.CN.CO.C[C@@]12CCC[C@@H]1N(C(=O)CC1CCOCC1)CC2. The van der Waals surface area contributed by atoms with Gasteiger partial charge in [-0.1, -0.05) is 27.2 Å². The number of aliphatic hydroxyl groups excluding tert-OH is 1. The molecule has 0 aromatic rings. The van der Waals surface area contributed by atoms with Crippen LogP contribution in [0.2, 0.25) is 0 Å². The number of fused-ring (bicyclic) bond motifs is 1. The van der Waals surface area contributed by atoms with Crippen LogP contribution in [-0.4, -0.2) is 55.9 Å². The second kappa shape index (κ2) is 16.1. The van der Waals surface area contributed by atoms with Gasteiger partial charge in [0.2, 0.25) is 5.91 Å². The van der Waals surface area contributed by atoms with E-state index >= 15 is 0 Å². The minimum atomic E-state index is 0.414. The predicted octanol–water partition coefficient (Wildman–Crippen LogP) is 3.05. The van der Waals surface area contributed by atoms with Gasteiger partial charge < -0.3 is 20.5 Å². The molecule has 1 aliphatic carbocycles. The van der Waals surface area contributed by atoms with Crippen LogP contribution in [-0.2, 0) is 9.53 Å². The maximum atomic E-state index is 12.5. The Morgan fingerprint density at radius 3 is 2.23 bits per heavy atom. The van der Waals surface area contributed by atoms with Gasteiger partial charge in [0.1, 0.15) is 0 Å². The van der Waals surface area contributed by atoms with E-state index in [0.717, 1.165) is 46.1 Å². The zero-order valence-corrected chi connectivity index (χ0v) is 17.7. The zero-order chi connectivity index (χ0) is 20.6. The lowest BCUT2D eigenvalue weighted by atomic mass is 9.85. The third-order valence-electron chi connectivity index (χ3n) is 5.45. The number of hydrogen-bond acceptors (Lipinski definition) is 4. The molecule has 0 unspecified atom stereocenters. The van der Waals surface area contributed by atoms with E-state index < -0.39 is 0 Å². The molecule has 2 heterocycles. The molecule has 26 heavy (non-hydrogen) atoms. The van der Waals surface area contributed by atoms with Crippen molar-refractivity contribution in [3.8, 4) is 12.8 Å². The summed E-state index contributed by atoms with van der Waals surface area (Å²) in [5.41, 5.74) is 4.94. The Kier molecular flexibility index (Phi) is 16.8. The third kappa shape index (κ3) is 7.65. The first-order valence-electron chi connectivity index (χ1n) is 9.92. The number of likely N-dealkylation sites (tertiary alicyclic amines) is 1. The van der Waals surface area contributed by atoms with Gasteiger partial charge in [-0.05, 0) is 50.5 Å². The molecule has 2 saturated heterocycles. The Morgan fingerprint density at radius 2 is 1.69 bits per heavy atom. The average Bonchev–Trinajstić information content (AvgIpc) is 3.25. The molecule has 0 bridgehead atoms. The summed E-state index contributed by atoms with van der Waals surface area (Å²) < 4.78 is 5.37. The number of terminal acetylenes is 1. The van der Waals surface area contributed by atoms with Crippen molar-refractivity contribution in [1.82, 2.24) is 4.90 Å². The van der Waals surface area contributed by atoms with Gasteiger partial charge in [0.25, 0.3) is 0 Å². The molecular formula is C21H42N2O3. The van der Waals surface area contributed by atoms with Crippen LogP contribution in [0.15, 0.2) is 0 Å². The zero-order valence-electron chi connectivity index (χ0n) is 17.7. The standard InChI is InChI=1S/C15H25NO2.C2H6.C2H2.CH5N.CH4O/c1-15-6-2-3-13(15)16(8-7-15)14(17)11-12-4-9-18-10-5-12;4*1-2/h12-13H,2-11H2,1H3;1-2H3;1-2H;2H2,1H3;2H,1H3/t13-,15-;;;;/m0..../s1. The molecule has 0 aromatic heterocycles. The molecular weight excluding hydrogens is 328 g/mol. The van der Waals surface area contributed by atoms with Gasteiger partial charge in [-0.15, -0.1) is 12.8 Å². The molecule has 2 atom stereocenters. The summed E-state index contributed by atoms with van der Waals surface area (Å²) in [4.78, 5) is 14.7. The Balaban J connectivity index is 0. The Morgan fingerprint density at radius 1 is 1.15 bits per heavy atom. The highest BCUT2D eigenvalue weighted by atomic mass is 16.5. The summed E-state index contributed by atoms with van der Waals surface area (Å²) in [5.74, 6) is 0.983. The summed E-state index contributed by atoms with van der Waals surface area (Å²) in [5, 5.41) is 7.00. The summed E-state index contributed by atoms with van der Waals surface area (Å²) in [6.45, 7) is 9.08. The number of nitrogens with two attached hydrogens (primary N) is 1. The van der Waals surface area contributed by atoms with E-state index in [1.54, 1.807) is 0 Å². The molecule has 154 valence electrons. The van der Waals surface area contributed by atoms with Gasteiger partial charge in [-0.2, -0.15) is 0 Å². The average molecular weight is 371 g/mol. The molecule has 2 aliphatic heterocycles. The normalized spacial score (nSPS) is 26.3. The number of ether oxygens (including phenoxy) is 1. The van der Waals surface area contributed by atoms with Crippen molar-refractivity contribution in [3.63, 3.8) is 0 Å². The maximum absolute atomic E-state index is 12.5. The van der Waals surface area contributed by atoms with Crippen molar-refractivity contribution in [3.05, 3.63) is 0 Å². The van der Waals surface area contributed by atoms with Crippen molar-refractivity contribution in [1.29, 1.82) is 0 Å². The number of amides is 1. The topological polar surface area (TPSA) is 75.8 Å². The number of nitrogens with zero attached hydrogens (tertiary/aromatic N) is 1. The largest absolute Gasteiger partial charge is 0.400 e. The molecule has 5 heteroatoms. The molecule has 5 nitrogen and oxygen atoms in total. The van der Waals surface area contributed by atoms with E-state index in [9.17, 15) is 4.79 Å². The van der Waals surface area contributed by atoms with Crippen molar-refractivity contribution in [2.24, 2.45) is 17.1 Å². The molecule has 0 spiro atoms. The van der Waals surface area contributed by atoms with Crippen molar-refractivity contribution < 1.29 is 14.6 Å². The van der Waals surface area contributed by atoms with Gasteiger partial charge >= 0.3 is 0 Å². The van der Waals surface area contributed by atoms with Crippen molar-refractivity contribution in [2.75, 3.05) is 33.9 Å². The minimum absolute atomic E-state index is 0.414. The van der Waals surface area contributed by atoms with E-state index in [1.165, 1.54) is 32.7 Å². The molecule has 1 saturated carbocycles. The highest BCUT2D eigenvalue weighted by Crippen LogP contribution is 2.48.